The molecule has 0 aliphatic rings. The van der Waals surface area contributed by atoms with Crippen LogP contribution in [0.2, 0.25) is 0 Å². The van der Waals surface area contributed by atoms with Crippen LogP contribution in [-0.2, 0) is 9.59 Å². The monoisotopic (exact) mass is 938 g/mol. The van der Waals surface area contributed by atoms with Crippen molar-refractivity contribution in [3.8, 4) is 34.5 Å². The molecule has 0 bridgehead atoms. The van der Waals surface area contributed by atoms with Gasteiger partial charge in [-0.25, -0.2) is 9.59 Å². The van der Waals surface area contributed by atoms with E-state index in [1.165, 1.54) is 129 Å². The summed E-state index contributed by atoms with van der Waals surface area (Å²) in [6.45, 7) is -3.03. The number of hydrogen-bond donors (Lipinski definition) is 4. The maximum Gasteiger partial charge on any atom is 0.422 e. The summed E-state index contributed by atoms with van der Waals surface area (Å²) in [4.78, 5) is 52.6. The molecule has 0 aliphatic carbocycles. The van der Waals surface area contributed by atoms with E-state index in [1.807, 2.05) is 0 Å². The van der Waals surface area contributed by atoms with E-state index in [2.05, 4.69) is 9.47 Å². The Bertz CT molecular complexity index is 2480. The van der Waals surface area contributed by atoms with Gasteiger partial charge in [0, 0.05) is 11.4 Å². The van der Waals surface area contributed by atoms with E-state index in [0.717, 1.165) is 12.2 Å². The van der Waals surface area contributed by atoms with Gasteiger partial charge in [-0.15, -0.1) is 0 Å². The second-order valence-corrected chi connectivity index (χ2v) is 14.2. The number of rotatable bonds is 19. The van der Waals surface area contributed by atoms with Crippen molar-refractivity contribution in [2.75, 3.05) is 38.9 Å². The number of anilines is 2. The number of ketones is 2. The second-order valence-electron chi connectivity index (χ2n) is 14.2. The van der Waals surface area contributed by atoms with Gasteiger partial charge in [-0.3, -0.25) is 9.59 Å². The largest absolute Gasteiger partial charge is 0.493 e. The SMILES string of the molecule is COc1cc(/C=C/C(=O)C(O)C(c2ccc(N)cc2N)C(O)C(=O)/C=C/c2ccc(OC(=O)c3ccc(OCC(F)(F)F)cc3)c(OC)c2)ccc1OC(=O)c1ccc(OCC(F)(F)F)cc1. The molecular formula is C47H40F6N2O12. The minimum atomic E-state index is -4.55. The first-order chi connectivity index (χ1) is 31.6. The van der Waals surface area contributed by atoms with E-state index in [4.69, 9.17) is 30.4 Å². The van der Waals surface area contributed by atoms with Crippen LogP contribution in [0, 0.1) is 0 Å². The molecule has 5 rings (SSSR count). The standard InChI is InChI=1S/C47H40F6N2O12/c1-62-39-21-26(5-19-37(39)66-44(60)28-7-12-31(13-8-28)64-24-46(48,49)50)3-17-35(56)42(58)41(33-16-11-30(54)23-34(33)55)43(59)36(57)18-4-27-6-20-38(40(22-27)63-2)67-45(61)29-9-14-32(15-10-29)65-25-47(51,52)53/h3-23,41-43,58-59H,24-25,54-55H2,1-2H3/b17-3+,18-4+. The molecule has 0 radical (unpaired) electrons. The molecule has 5 aromatic rings. The Labute approximate surface area is 377 Å². The number of hydrogen-bond acceptors (Lipinski definition) is 14. The predicted molar refractivity (Wildman–Crippen MR) is 230 cm³/mol. The van der Waals surface area contributed by atoms with Crippen molar-refractivity contribution in [1.29, 1.82) is 0 Å². The summed E-state index contributed by atoms with van der Waals surface area (Å²) in [5, 5.41) is 22.8. The Balaban J connectivity index is 1.27. The number of aliphatic hydroxyl groups excluding tert-OH is 2. The van der Waals surface area contributed by atoms with Crippen molar-refractivity contribution < 1.29 is 84.2 Å². The quantitative estimate of drug-likeness (QED) is 0.0207. The maximum atomic E-state index is 13.5. The van der Waals surface area contributed by atoms with E-state index < -0.39 is 67.2 Å². The lowest BCUT2D eigenvalue weighted by Crippen LogP contribution is -2.39. The van der Waals surface area contributed by atoms with Crippen molar-refractivity contribution >= 4 is 47.0 Å². The first kappa shape index (κ1) is 50.2. The van der Waals surface area contributed by atoms with Gasteiger partial charge in [0.25, 0.3) is 0 Å². The summed E-state index contributed by atoms with van der Waals surface area (Å²) in [5.74, 6) is -5.58. The number of carbonyl (C=O) groups is 4. The van der Waals surface area contributed by atoms with Gasteiger partial charge in [-0.1, -0.05) is 30.4 Å². The first-order valence-corrected chi connectivity index (χ1v) is 19.5. The fourth-order valence-corrected chi connectivity index (χ4v) is 6.08. The molecule has 2 atom stereocenters. The van der Waals surface area contributed by atoms with E-state index in [0.29, 0.717) is 11.1 Å². The first-order valence-electron chi connectivity index (χ1n) is 19.5. The number of alkyl halides is 6. The third-order valence-corrected chi connectivity index (χ3v) is 9.38. The summed E-state index contributed by atoms with van der Waals surface area (Å²) >= 11 is 0. The zero-order valence-corrected chi connectivity index (χ0v) is 35.2. The number of methoxy groups -OCH3 is 2. The molecule has 0 aromatic heterocycles. The van der Waals surface area contributed by atoms with Crippen LogP contribution in [0.5, 0.6) is 34.5 Å². The minimum absolute atomic E-state index is 0.0129. The Kier molecular flexibility index (Phi) is 16.4. The molecule has 67 heavy (non-hydrogen) atoms. The van der Waals surface area contributed by atoms with E-state index in [1.54, 1.807) is 0 Å². The van der Waals surface area contributed by atoms with Crippen LogP contribution in [0.4, 0.5) is 37.7 Å². The summed E-state index contributed by atoms with van der Waals surface area (Å²) < 4.78 is 106. The average molecular weight is 939 g/mol. The predicted octanol–water partition coefficient (Wildman–Crippen LogP) is 7.56. The highest BCUT2D eigenvalue weighted by molar-refractivity contribution is 6.01. The summed E-state index contributed by atoms with van der Waals surface area (Å²) in [5.41, 5.74) is 12.8. The van der Waals surface area contributed by atoms with Crippen LogP contribution in [-0.4, -0.2) is 85.7 Å². The van der Waals surface area contributed by atoms with Gasteiger partial charge in [0.05, 0.1) is 31.3 Å². The summed E-state index contributed by atoms with van der Waals surface area (Å²) in [7, 11) is 2.55. The van der Waals surface area contributed by atoms with Crippen LogP contribution in [0.15, 0.2) is 115 Å². The highest BCUT2D eigenvalue weighted by atomic mass is 19.4. The maximum absolute atomic E-state index is 13.5. The molecule has 0 aliphatic heterocycles. The van der Waals surface area contributed by atoms with Gasteiger partial charge in [0.15, 0.2) is 47.8 Å². The number of esters is 2. The van der Waals surface area contributed by atoms with Gasteiger partial charge in [0.1, 0.15) is 23.7 Å². The number of carbonyl (C=O) groups excluding carboxylic acids is 4. The zero-order valence-electron chi connectivity index (χ0n) is 35.2. The minimum Gasteiger partial charge on any atom is -0.493 e. The normalized spacial score (nSPS) is 13.1. The fraction of sp³-hybridized carbons (Fsp3) is 0.191. The van der Waals surface area contributed by atoms with Crippen LogP contribution in [0.1, 0.15) is 43.3 Å². The van der Waals surface area contributed by atoms with Gasteiger partial charge < -0.3 is 50.1 Å². The van der Waals surface area contributed by atoms with E-state index in [9.17, 15) is 55.7 Å². The third kappa shape index (κ3) is 14.3. The van der Waals surface area contributed by atoms with Crippen molar-refractivity contribution in [2.45, 2.75) is 30.5 Å². The Morgan fingerprint density at radius 1 is 0.567 bits per heavy atom. The van der Waals surface area contributed by atoms with Gasteiger partial charge in [0.2, 0.25) is 0 Å². The molecular weight excluding hydrogens is 899 g/mol. The second kappa shape index (κ2) is 21.9. The zero-order chi connectivity index (χ0) is 49.1. The summed E-state index contributed by atoms with van der Waals surface area (Å²) in [6, 6.07) is 21.9. The van der Waals surface area contributed by atoms with Crippen molar-refractivity contribution in [1.82, 2.24) is 0 Å². The molecule has 0 heterocycles. The molecule has 20 heteroatoms. The number of nitrogens with two attached hydrogens (primary N) is 2. The van der Waals surface area contributed by atoms with Gasteiger partial charge >= 0.3 is 24.3 Å². The lowest BCUT2D eigenvalue weighted by atomic mass is 9.83. The number of halogens is 6. The number of aliphatic hydroxyl groups is 2. The van der Waals surface area contributed by atoms with Crippen LogP contribution in [0.25, 0.3) is 12.2 Å². The van der Waals surface area contributed by atoms with E-state index in [-0.39, 0.29) is 62.6 Å². The third-order valence-electron chi connectivity index (χ3n) is 9.38. The number of ether oxygens (including phenoxy) is 6. The smallest absolute Gasteiger partial charge is 0.422 e. The highest BCUT2D eigenvalue weighted by Gasteiger charge is 2.37. The number of benzene rings is 5. The average Bonchev–Trinajstić information content (AvgIpc) is 3.29. The Hall–Kier alpha value is -7.84. The molecule has 2 unspecified atom stereocenters. The van der Waals surface area contributed by atoms with E-state index >= 15 is 0 Å². The molecule has 6 N–H and O–H groups in total. The lowest BCUT2D eigenvalue weighted by Gasteiger charge is -2.26. The van der Waals surface area contributed by atoms with Crippen molar-refractivity contribution in [3.63, 3.8) is 0 Å². The van der Waals surface area contributed by atoms with Crippen LogP contribution < -0.4 is 39.9 Å². The Morgan fingerprint density at radius 3 is 1.33 bits per heavy atom. The fourth-order valence-electron chi connectivity index (χ4n) is 6.08. The van der Waals surface area contributed by atoms with Crippen LogP contribution >= 0.6 is 0 Å². The Morgan fingerprint density at radius 2 is 0.970 bits per heavy atom. The van der Waals surface area contributed by atoms with Gasteiger partial charge in [-0.2, -0.15) is 26.3 Å². The molecule has 0 saturated carbocycles. The highest BCUT2D eigenvalue weighted by Crippen LogP contribution is 2.34. The molecule has 0 saturated heterocycles. The topological polar surface area (TPSA) is 216 Å². The molecule has 352 valence electrons. The molecule has 0 amide bonds. The molecule has 0 spiro atoms. The van der Waals surface area contributed by atoms with Crippen molar-refractivity contribution in [2.24, 2.45) is 0 Å². The summed E-state index contributed by atoms with van der Waals surface area (Å²) in [6.07, 6.45) is -8.71. The van der Waals surface area contributed by atoms with Crippen molar-refractivity contribution in [3.05, 3.63) is 143 Å². The molecule has 5 aromatic carbocycles. The van der Waals surface area contributed by atoms with Gasteiger partial charge in [-0.05, 0) is 114 Å². The lowest BCUT2D eigenvalue weighted by molar-refractivity contribution is -0.154. The van der Waals surface area contributed by atoms with Crippen LogP contribution in [0.3, 0.4) is 0 Å². The molecule has 0 fully saturated rings. The number of nitrogen functional groups attached to an aromatic ring is 2. The molecule has 14 nitrogen and oxygen atoms in total.